The third kappa shape index (κ3) is 2.88. The van der Waals surface area contributed by atoms with Crippen LogP contribution < -0.4 is 5.32 Å². The van der Waals surface area contributed by atoms with Crippen molar-refractivity contribution < 1.29 is 4.79 Å². The average Bonchev–Trinajstić information content (AvgIpc) is 3.04. The van der Waals surface area contributed by atoms with Crippen molar-refractivity contribution in [3.63, 3.8) is 0 Å². The van der Waals surface area contributed by atoms with Gasteiger partial charge in [-0.25, -0.2) is 0 Å². The molecule has 0 saturated carbocycles. The van der Waals surface area contributed by atoms with Crippen molar-refractivity contribution in [3.8, 4) is 11.1 Å². The van der Waals surface area contributed by atoms with Crippen molar-refractivity contribution in [2.75, 3.05) is 5.32 Å². The van der Waals surface area contributed by atoms with Crippen LogP contribution in [0.25, 0.3) is 11.1 Å². The quantitative estimate of drug-likeness (QED) is 0.775. The highest BCUT2D eigenvalue weighted by molar-refractivity contribution is 5.97. The molecule has 0 aliphatic heterocycles. The summed E-state index contributed by atoms with van der Waals surface area (Å²) in [6, 6.07) is 13.4. The van der Waals surface area contributed by atoms with E-state index in [1.54, 1.807) is 18.6 Å². The van der Waals surface area contributed by atoms with E-state index in [-0.39, 0.29) is 11.8 Å². The molecule has 5 heteroatoms. The SMILES string of the molecule is CC(C(=O)Nc1[nH]ncc1-c1ccncc1)c1ccccc1. The number of nitrogens with zero attached hydrogens (tertiary/aromatic N) is 2. The minimum Gasteiger partial charge on any atom is -0.310 e. The molecule has 0 aliphatic carbocycles. The summed E-state index contributed by atoms with van der Waals surface area (Å²) in [7, 11) is 0. The molecule has 22 heavy (non-hydrogen) atoms. The number of nitrogens with one attached hydrogen (secondary N) is 2. The van der Waals surface area contributed by atoms with Gasteiger partial charge in [-0.15, -0.1) is 0 Å². The zero-order chi connectivity index (χ0) is 15.4. The molecule has 2 N–H and O–H groups in total. The van der Waals surface area contributed by atoms with Crippen LogP contribution in [0.4, 0.5) is 5.82 Å². The fourth-order valence-corrected chi connectivity index (χ4v) is 2.26. The molecule has 2 aromatic heterocycles. The molecule has 2 heterocycles. The van der Waals surface area contributed by atoms with E-state index in [0.717, 1.165) is 16.7 Å². The van der Waals surface area contributed by atoms with Gasteiger partial charge in [-0.3, -0.25) is 14.9 Å². The van der Waals surface area contributed by atoms with Crippen molar-refractivity contribution in [1.29, 1.82) is 0 Å². The lowest BCUT2D eigenvalue weighted by atomic mass is 10.0. The molecule has 5 nitrogen and oxygen atoms in total. The number of hydrogen-bond donors (Lipinski definition) is 2. The number of carbonyl (C=O) groups excluding carboxylic acids is 1. The number of anilines is 1. The fourth-order valence-electron chi connectivity index (χ4n) is 2.26. The summed E-state index contributed by atoms with van der Waals surface area (Å²) in [6.07, 6.45) is 5.11. The van der Waals surface area contributed by atoms with E-state index in [4.69, 9.17) is 0 Å². The Balaban J connectivity index is 1.80. The van der Waals surface area contributed by atoms with Gasteiger partial charge in [0.2, 0.25) is 5.91 Å². The zero-order valence-electron chi connectivity index (χ0n) is 12.2. The minimum absolute atomic E-state index is 0.0780. The van der Waals surface area contributed by atoms with E-state index in [1.165, 1.54) is 0 Å². The summed E-state index contributed by atoms with van der Waals surface area (Å²) in [5.74, 6) is 0.277. The minimum atomic E-state index is -0.241. The summed E-state index contributed by atoms with van der Waals surface area (Å²) in [4.78, 5) is 16.4. The molecule has 0 fully saturated rings. The van der Waals surface area contributed by atoms with E-state index >= 15 is 0 Å². The second kappa shape index (κ2) is 6.22. The standard InChI is InChI=1S/C17H16N4O/c1-12(13-5-3-2-4-6-13)17(22)20-16-15(11-19-21-16)14-7-9-18-10-8-14/h2-12H,1H3,(H2,19,20,21,22). The summed E-state index contributed by atoms with van der Waals surface area (Å²) < 4.78 is 0. The van der Waals surface area contributed by atoms with Gasteiger partial charge < -0.3 is 5.32 Å². The monoisotopic (exact) mass is 292 g/mol. The van der Waals surface area contributed by atoms with Crippen molar-refractivity contribution >= 4 is 11.7 Å². The third-order valence-corrected chi connectivity index (χ3v) is 3.57. The first-order chi connectivity index (χ1) is 10.8. The molecule has 1 amide bonds. The molecule has 1 atom stereocenters. The first kappa shape index (κ1) is 14.0. The molecule has 3 rings (SSSR count). The van der Waals surface area contributed by atoms with E-state index in [1.807, 2.05) is 49.4 Å². The van der Waals surface area contributed by atoms with Gasteiger partial charge >= 0.3 is 0 Å². The average molecular weight is 292 g/mol. The summed E-state index contributed by atoms with van der Waals surface area (Å²) in [6.45, 7) is 1.88. The molecule has 0 spiro atoms. The van der Waals surface area contributed by atoms with Crippen molar-refractivity contribution in [2.24, 2.45) is 0 Å². The maximum absolute atomic E-state index is 12.4. The molecular weight excluding hydrogens is 276 g/mol. The van der Waals surface area contributed by atoms with Gasteiger partial charge in [-0.1, -0.05) is 30.3 Å². The second-order valence-electron chi connectivity index (χ2n) is 5.02. The summed E-state index contributed by atoms with van der Waals surface area (Å²) >= 11 is 0. The highest BCUT2D eigenvalue weighted by Gasteiger charge is 2.17. The lowest BCUT2D eigenvalue weighted by Crippen LogP contribution is -2.19. The highest BCUT2D eigenvalue weighted by Crippen LogP contribution is 2.26. The molecule has 110 valence electrons. The third-order valence-electron chi connectivity index (χ3n) is 3.57. The topological polar surface area (TPSA) is 70.7 Å². The summed E-state index contributed by atoms with van der Waals surface area (Å²) in [5.41, 5.74) is 2.77. The second-order valence-corrected chi connectivity index (χ2v) is 5.02. The molecule has 1 unspecified atom stereocenters. The van der Waals surface area contributed by atoms with Crippen LogP contribution in [0.5, 0.6) is 0 Å². The van der Waals surface area contributed by atoms with E-state index in [9.17, 15) is 4.79 Å². The first-order valence-electron chi connectivity index (χ1n) is 7.05. The number of hydrogen-bond acceptors (Lipinski definition) is 3. The lowest BCUT2D eigenvalue weighted by Gasteiger charge is -2.12. The maximum atomic E-state index is 12.4. The van der Waals surface area contributed by atoms with Gasteiger partial charge in [0.15, 0.2) is 0 Å². The number of pyridine rings is 1. The Labute approximate surface area is 128 Å². The van der Waals surface area contributed by atoms with E-state index in [0.29, 0.717) is 5.82 Å². The van der Waals surface area contributed by atoms with E-state index < -0.39 is 0 Å². The fraction of sp³-hybridized carbons (Fsp3) is 0.118. The number of benzene rings is 1. The van der Waals surface area contributed by atoms with Gasteiger partial charge in [0.05, 0.1) is 12.1 Å². The Hall–Kier alpha value is -2.95. The van der Waals surface area contributed by atoms with Crippen LogP contribution in [0, 0.1) is 0 Å². The molecular formula is C17H16N4O. The Bertz CT molecular complexity index is 753. The van der Waals surface area contributed by atoms with Crippen LogP contribution in [-0.4, -0.2) is 21.1 Å². The Morgan fingerprint density at radius 2 is 1.86 bits per heavy atom. The van der Waals surface area contributed by atoms with Crippen LogP contribution in [0.15, 0.2) is 61.1 Å². The number of carbonyl (C=O) groups is 1. The number of H-pyrrole nitrogens is 1. The largest absolute Gasteiger partial charge is 0.310 e. The molecule has 0 aliphatic rings. The summed E-state index contributed by atoms with van der Waals surface area (Å²) in [5, 5.41) is 9.77. The molecule has 0 radical (unpaired) electrons. The molecule has 0 saturated heterocycles. The lowest BCUT2D eigenvalue weighted by molar-refractivity contribution is -0.117. The van der Waals surface area contributed by atoms with Crippen LogP contribution in [-0.2, 0) is 4.79 Å². The normalized spacial score (nSPS) is 11.9. The number of rotatable bonds is 4. The van der Waals surface area contributed by atoms with Crippen LogP contribution in [0.3, 0.4) is 0 Å². The number of aromatic nitrogens is 3. The predicted molar refractivity (Wildman–Crippen MR) is 85.3 cm³/mol. The van der Waals surface area contributed by atoms with Gasteiger partial charge in [0, 0.05) is 18.0 Å². The Morgan fingerprint density at radius 3 is 2.59 bits per heavy atom. The predicted octanol–water partition coefficient (Wildman–Crippen LogP) is 3.21. The maximum Gasteiger partial charge on any atom is 0.232 e. The number of amides is 1. The number of aromatic amines is 1. The van der Waals surface area contributed by atoms with Gasteiger partial charge in [-0.2, -0.15) is 5.10 Å². The zero-order valence-corrected chi connectivity index (χ0v) is 12.2. The van der Waals surface area contributed by atoms with Crippen LogP contribution >= 0.6 is 0 Å². The highest BCUT2D eigenvalue weighted by atomic mass is 16.1. The first-order valence-corrected chi connectivity index (χ1v) is 7.05. The molecule has 1 aromatic carbocycles. The molecule has 0 bridgehead atoms. The van der Waals surface area contributed by atoms with Crippen LogP contribution in [0.2, 0.25) is 0 Å². The Morgan fingerprint density at radius 1 is 1.14 bits per heavy atom. The smallest absolute Gasteiger partial charge is 0.232 e. The van der Waals surface area contributed by atoms with Gasteiger partial charge in [0.25, 0.3) is 0 Å². The van der Waals surface area contributed by atoms with E-state index in [2.05, 4.69) is 20.5 Å². The van der Waals surface area contributed by atoms with Crippen molar-refractivity contribution in [2.45, 2.75) is 12.8 Å². The van der Waals surface area contributed by atoms with Gasteiger partial charge in [0.1, 0.15) is 5.82 Å². The van der Waals surface area contributed by atoms with Crippen molar-refractivity contribution in [1.82, 2.24) is 15.2 Å². The van der Waals surface area contributed by atoms with Gasteiger partial charge in [-0.05, 0) is 30.2 Å². The molecule has 3 aromatic rings. The van der Waals surface area contributed by atoms with Crippen molar-refractivity contribution in [3.05, 3.63) is 66.6 Å². The van der Waals surface area contributed by atoms with Crippen LogP contribution in [0.1, 0.15) is 18.4 Å². The Kier molecular flexibility index (Phi) is 3.96.